The SMILES string of the molecule is COc1cccc(Nc2ccc(NS(=O)(=O)CCCc3ccccc3)cn2)c1. The minimum absolute atomic E-state index is 0.0612. The van der Waals surface area contributed by atoms with E-state index in [4.69, 9.17) is 4.74 Å². The number of hydrogen-bond acceptors (Lipinski definition) is 5. The van der Waals surface area contributed by atoms with Crippen LogP contribution in [0.4, 0.5) is 17.2 Å². The van der Waals surface area contributed by atoms with Crippen LogP contribution < -0.4 is 14.8 Å². The van der Waals surface area contributed by atoms with Crippen molar-refractivity contribution in [3.8, 4) is 5.75 Å². The van der Waals surface area contributed by atoms with E-state index < -0.39 is 10.0 Å². The van der Waals surface area contributed by atoms with Gasteiger partial charge in [-0.25, -0.2) is 13.4 Å². The number of rotatable bonds is 9. The quantitative estimate of drug-likeness (QED) is 0.565. The van der Waals surface area contributed by atoms with E-state index in [-0.39, 0.29) is 5.75 Å². The van der Waals surface area contributed by atoms with Gasteiger partial charge < -0.3 is 10.1 Å². The van der Waals surface area contributed by atoms with Crippen LogP contribution in [0.15, 0.2) is 72.9 Å². The highest BCUT2D eigenvalue weighted by atomic mass is 32.2. The van der Waals surface area contributed by atoms with Gasteiger partial charge in [0.15, 0.2) is 0 Å². The van der Waals surface area contributed by atoms with Gasteiger partial charge in [0.1, 0.15) is 11.6 Å². The summed E-state index contributed by atoms with van der Waals surface area (Å²) in [7, 11) is -1.80. The summed E-state index contributed by atoms with van der Waals surface area (Å²) in [6.45, 7) is 0. The highest BCUT2D eigenvalue weighted by Crippen LogP contribution is 2.21. The number of nitrogens with one attached hydrogen (secondary N) is 2. The van der Waals surface area contributed by atoms with Gasteiger partial charge in [-0.05, 0) is 42.7 Å². The number of hydrogen-bond donors (Lipinski definition) is 2. The summed E-state index contributed by atoms with van der Waals surface area (Å²) < 4.78 is 32.3. The Morgan fingerprint density at radius 3 is 2.50 bits per heavy atom. The smallest absolute Gasteiger partial charge is 0.232 e. The number of anilines is 3. The second kappa shape index (κ2) is 9.23. The number of sulfonamides is 1. The minimum Gasteiger partial charge on any atom is -0.497 e. The Balaban J connectivity index is 1.53. The molecule has 0 amide bonds. The zero-order valence-electron chi connectivity index (χ0n) is 15.6. The van der Waals surface area contributed by atoms with Crippen LogP contribution in [0.2, 0.25) is 0 Å². The Bertz CT molecular complexity index is 991. The van der Waals surface area contributed by atoms with Gasteiger partial charge in [0.2, 0.25) is 10.0 Å². The standard InChI is InChI=1S/C21H23N3O3S/c1-27-20-11-5-10-18(15-20)23-21-13-12-19(16-22-21)24-28(25,26)14-6-9-17-7-3-2-4-8-17/h2-5,7-8,10-13,15-16,24H,6,9,14H2,1H3,(H,22,23). The molecule has 2 aromatic carbocycles. The molecule has 0 aliphatic heterocycles. The lowest BCUT2D eigenvalue weighted by Crippen LogP contribution is -2.17. The molecule has 3 aromatic rings. The van der Waals surface area contributed by atoms with Crippen molar-refractivity contribution in [1.82, 2.24) is 4.98 Å². The van der Waals surface area contributed by atoms with Crippen LogP contribution in [0, 0.1) is 0 Å². The van der Waals surface area contributed by atoms with Gasteiger partial charge in [0.05, 0.1) is 24.7 Å². The molecule has 0 aliphatic rings. The van der Waals surface area contributed by atoms with E-state index in [2.05, 4.69) is 15.0 Å². The van der Waals surface area contributed by atoms with E-state index >= 15 is 0 Å². The van der Waals surface area contributed by atoms with Crippen molar-refractivity contribution in [1.29, 1.82) is 0 Å². The average Bonchev–Trinajstić information content (AvgIpc) is 2.70. The maximum atomic E-state index is 12.3. The fourth-order valence-corrected chi connectivity index (χ4v) is 3.82. The summed E-state index contributed by atoms with van der Waals surface area (Å²) in [6, 6.07) is 20.7. The largest absolute Gasteiger partial charge is 0.497 e. The summed E-state index contributed by atoms with van der Waals surface area (Å²) in [5.74, 6) is 1.41. The van der Waals surface area contributed by atoms with Gasteiger partial charge in [0.25, 0.3) is 0 Å². The topological polar surface area (TPSA) is 80.3 Å². The molecular formula is C21H23N3O3S. The lowest BCUT2D eigenvalue weighted by atomic mass is 10.1. The van der Waals surface area contributed by atoms with Gasteiger partial charge in [-0.2, -0.15) is 0 Å². The fourth-order valence-electron chi connectivity index (χ4n) is 2.72. The molecule has 1 aromatic heterocycles. The van der Waals surface area contributed by atoms with Crippen LogP contribution >= 0.6 is 0 Å². The van der Waals surface area contributed by atoms with Crippen LogP contribution in [0.3, 0.4) is 0 Å². The van der Waals surface area contributed by atoms with Gasteiger partial charge >= 0.3 is 0 Å². The van der Waals surface area contributed by atoms with Crippen molar-refractivity contribution in [2.45, 2.75) is 12.8 Å². The second-order valence-electron chi connectivity index (χ2n) is 6.30. The first-order chi connectivity index (χ1) is 13.5. The number of pyridine rings is 1. The van der Waals surface area contributed by atoms with E-state index in [9.17, 15) is 8.42 Å². The zero-order chi connectivity index (χ0) is 19.8. The van der Waals surface area contributed by atoms with Crippen LogP contribution in [0.5, 0.6) is 5.75 Å². The third kappa shape index (κ3) is 5.99. The molecule has 0 saturated carbocycles. The molecule has 1 heterocycles. The fraction of sp³-hybridized carbons (Fsp3) is 0.190. The molecule has 0 saturated heterocycles. The average molecular weight is 398 g/mol. The third-order valence-corrected chi connectivity index (χ3v) is 5.47. The van der Waals surface area contributed by atoms with Gasteiger partial charge in [-0.1, -0.05) is 36.4 Å². The van der Waals surface area contributed by atoms with E-state index in [1.807, 2.05) is 54.6 Å². The van der Waals surface area contributed by atoms with Crippen molar-refractivity contribution in [2.75, 3.05) is 22.9 Å². The maximum absolute atomic E-state index is 12.3. The molecule has 0 aliphatic carbocycles. The van der Waals surface area contributed by atoms with Gasteiger partial charge in [-0.3, -0.25) is 4.72 Å². The minimum atomic E-state index is -3.41. The number of aromatic nitrogens is 1. The first-order valence-corrected chi connectivity index (χ1v) is 10.6. The lowest BCUT2D eigenvalue weighted by Gasteiger charge is -2.10. The number of benzene rings is 2. The molecule has 0 unspecified atom stereocenters. The van der Waals surface area contributed by atoms with Crippen LogP contribution in [0.1, 0.15) is 12.0 Å². The molecule has 0 fully saturated rings. The molecule has 0 radical (unpaired) electrons. The molecule has 3 rings (SSSR count). The van der Waals surface area contributed by atoms with Crippen molar-refractivity contribution in [3.05, 3.63) is 78.5 Å². The molecule has 6 nitrogen and oxygen atoms in total. The number of ether oxygens (including phenoxy) is 1. The number of methoxy groups -OCH3 is 1. The van der Waals surface area contributed by atoms with Gasteiger partial charge in [-0.15, -0.1) is 0 Å². The Kier molecular flexibility index (Phi) is 6.49. The Morgan fingerprint density at radius 1 is 0.964 bits per heavy atom. The molecule has 146 valence electrons. The van der Waals surface area contributed by atoms with E-state index in [1.54, 1.807) is 19.2 Å². The molecular weight excluding hydrogens is 374 g/mol. The molecule has 7 heteroatoms. The van der Waals surface area contributed by atoms with E-state index in [0.717, 1.165) is 23.4 Å². The van der Waals surface area contributed by atoms with Crippen molar-refractivity contribution >= 4 is 27.2 Å². The highest BCUT2D eigenvalue weighted by Gasteiger charge is 2.11. The third-order valence-electron chi connectivity index (χ3n) is 4.10. The van der Waals surface area contributed by atoms with Gasteiger partial charge in [0, 0.05) is 11.8 Å². The Morgan fingerprint density at radius 2 is 1.79 bits per heavy atom. The summed E-state index contributed by atoms with van der Waals surface area (Å²) >= 11 is 0. The van der Waals surface area contributed by atoms with Crippen molar-refractivity contribution in [2.24, 2.45) is 0 Å². The number of aryl methyl sites for hydroxylation is 1. The highest BCUT2D eigenvalue weighted by molar-refractivity contribution is 7.92. The summed E-state index contributed by atoms with van der Waals surface area (Å²) in [4.78, 5) is 4.26. The first-order valence-electron chi connectivity index (χ1n) is 8.96. The predicted molar refractivity (Wildman–Crippen MR) is 113 cm³/mol. The normalized spacial score (nSPS) is 11.0. The predicted octanol–water partition coefficient (Wildman–Crippen LogP) is 4.21. The molecule has 0 spiro atoms. The zero-order valence-corrected chi connectivity index (χ0v) is 16.4. The Hall–Kier alpha value is -3.06. The van der Waals surface area contributed by atoms with Crippen LogP contribution in [0.25, 0.3) is 0 Å². The monoisotopic (exact) mass is 397 g/mol. The Labute approximate surface area is 165 Å². The molecule has 28 heavy (non-hydrogen) atoms. The van der Waals surface area contributed by atoms with E-state index in [1.165, 1.54) is 6.20 Å². The second-order valence-corrected chi connectivity index (χ2v) is 8.14. The summed E-state index contributed by atoms with van der Waals surface area (Å²) in [5, 5.41) is 3.15. The van der Waals surface area contributed by atoms with Crippen molar-refractivity contribution in [3.63, 3.8) is 0 Å². The summed E-state index contributed by atoms with van der Waals surface area (Å²) in [6.07, 6.45) is 2.78. The lowest BCUT2D eigenvalue weighted by molar-refractivity contribution is 0.415. The van der Waals surface area contributed by atoms with E-state index in [0.29, 0.717) is 17.9 Å². The van der Waals surface area contributed by atoms with Crippen LogP contribution in [-0.2, 0) is 16.4 Å². The molecule has 2 N–H and O–H groups in total. The summed E-state index contributed by atoms with van der Waals surface area (Å²) in [5.41, 5.74) is 2.41. The first kappa shape index (κ1) is 19.7. The maximum Gasteiger partial charge on any atom is 0.232 e. The number of nitrogens with zero attached hydrogens (tertiary/aromatic N) is 1. The van der Waals surface area contributed by atoms with Crippen LogP contribution in [-0.4, -0.2) is 26.3 Å². The van der Waals surface area contributed by atoms with Crippen molar-refractivity contribution < 1.29 is 13.2 Å². The molecule has 0 bridgehead atoms. The molecule has 0 atom stereocenters.